The highest BCUT2D eigenvalue weighted by molar-refractivity contribution is 5.92. The Morgan fingerprint density at radius 1 is 0.857 bits per heavy atom. The Bertz CT molecular complexity index is 795. The number of anilines is 2. The van der Waals surface area contributed by atoms with Crippen molar-refractivity contribution < 1.29 is 28.5 Å². The zero-order valence-electron chi connectivity index (χ0n) is 16.3. The third kappa shape index (κ3) is 5.29. The molecule has 1 amide bonds. The van der Waals surface area contributed by atoms with Crippen LogP contribution in [0.5, 0.6) is 17.2 Å². The van der Waals surface area contributed by atoms with Gasteiger partial charge in [-0.15, -0.1) is 0 Å². The van der Waals surface area contributed by atoms with E-state index < -0.39 is 5.97 Å². The molecule has 8 heteroatoms. The summed E-state index contributed by atoms with van der Waals surface area (Å²) in [5.41, 5.74) is 1.81. The maximum absolute atomic E-state index is 12.2. The quantitative estimate of drug-likeness (QED) is 0.638. The molecule has 8 nitrogen and oxygen atoms in total. The van der Waals surface area contributed by atoms with E-state index in [1.807, 2.05) is 0 Å². The molecule has 28 heavy (non-hydrogen) atoms. The fourth-order valence-electron chi connectivity index (χ4n) is 2.54. The molecule has 0 fully saturated rings. The first-order valence-electron chi connectivity index (χ1n) is 8.54. The number of rotatable bonds is 9. The van der Waals surface area contributed by atoms with E-state index in [1.165, 1.54) is 28.4 Å². The minimum absolute atomic E-state index is 0.173. The van der Waals surface area contributed by atoms with E-state index in [-0.39, 0.29) is 12.3 Å². The van der Waals surface area contributed by atoms with Gasteiger partial charge in [-0.3, -0.25) is 4.79 Å². The van der Waals surface area contributed by atoms with E-state index in [9.17, 15) is 9.59 Å². The van der Waals surface area contributed by atoms with Gasteiger partial charge in [0.1, 0.15) is 0 Å². The molecule has 0 saturated carbocycles. The molecule has 0 aliphatic heterocycles. The molecule has 0 bridgehead atoms. The first-order valence-corrected chi connectivity index (χ1v) is 8.54. The first kappa shape index (κ1) is 20.9. The van der Waals surface area contributed by atoms with Crippen LogP contribution in [0.3, 0.4) is 0 Å². The number of amides is 1. The van der Waals surface area contributed by atoms with E-state index in [4.69, 9.17) is 14.2 Å². The fourth-order valence-corrected chi connectivity index (χ4v) is 2.54. The Morgan fingerprint density at radius 3 is 1.96 bits per heavy atom. The lowest BCUT2D eigenvalue weighted by Crippen LogP contribution is -2.16. The van der Waals surface area contributed by atoms with Crippen LogP contribution in [0.1, 0.15) is 16.8 Å². The fraction of sp³-hybridized carbons (Fsp3) is 0.300. The number of esters is 1. The lowest BCUT2D eigenvalue weighted by molar-refractivity contribution is -0.115. The van der Waals surface area contributed by atoms with Crippen LogP contribution in [-0.2, 0) is 9.53 Å². The number of hydrogen-bond donors (Lipinski definition) is 2. The molecule has 0 aliphatic rings. The summed E-state index contributed by atoms with van der Waals surface area (Å²) in [7, 11) is 5.87. The van der Waals surface area contributed by atoms with E-state index in [0.29, 0.717) is 35.0 Å². The second-order valence-electron chi connectivity index (χ2n) is 5.71. The smallest absolute Gasteiger partial charge is 0.337 e. The topological polar surface area (TPSA) is 95.1 Å². The first-order chi connectivity index (χ1) is 13.5. The Hall–Kier alpha value is -3.42. The average Bonchev–Trinajstić information content (AvgIpc) is 2.72. The van der Waals surface area contributed by atoms with Crippen molar-refractivity contribution in [2.24, 2.45) is 0 Å². The zero-order valence-corrected chi connectivity index (χ0v) is 16.3. The van der Waals surface area contributed by atoms with Gasteiger partial charge in [0.15, 0.2) is 11.5 Å². The van der Waals surface area contributed by atoms with Crippen LogP contribution >= 0.6 is 0 Å². The maximum Gasteiger partial charge on any atom is 0.337 e. The molecule has 0 aliphatic carbocycles. The summed E-state index contributed by atoms with van der Waals surface area (Å²) in [6.07, 6.45) is 0.245. The predicted octanol–water partition coefficient (Wildman–Crippen LogP) is 2.94. The van der Waals surface area contributed by atoms with Crippen molar-refractivity contribution in [2.75, 3.05) is 45.6 Å². The molecule has 0 heterocycles. The van der Waals surface area contributed by atoms with Crippen LogP contribution < -0.4 is 24.8 Å². The molecule has 0 radical (unpaired) electrons. The van der Waals surface area contributed by atoms with Crippen molar-refractivity contribution in [3.8, 4) is 17.2 Å². The second kappa shape index (κ2) is 10.1. The highest BCUT2D eigenvalue weighted by Crippen LogP contribution is 2.39. The molecule has 0 spiro atoms. The zero-order chi connectivity index (χ0) is 20.5. The van der Waals surface area contributed by atoms with Gasteiger partial charge in [0, 0.05) is 36.5 Å². The Labute approximate surface area is 163 Å². The highest BCUT2D eigenvalue weighted by Gasteiger charge is 2.14. The van der Waals surface area contributed by atoms with Crippen LogP contribution in [-0.4, -0.2) is 46.9 Å². The van der Waals surface area contributed by atoms with Gasteiger partial charge in [0.2, 0.25) is 11.7 Å². The van der Waals surface area contributed by atoms with Gasteiger partial charge >= 0.3 is 5.97 Å². The molecule has 0 atom stereocenters. The largest absolute Gasteiger partial charge is 0.493 e. The predicted molar refractivity (Wildman–Crippen MR) is 106 cm³/mol. The molecular weight excluding hydrogens is 364 g/mol. The SMILES string of the molecule is COC(=O)c1ccc(NCCC(=O)Nc2cc(OC)c(OC)c(OC)c2)cc1. The molecule has 2 aromatic rings. The normalized spacial score (nSPS) is 10.0. The summed E-state index contributed by atoms with van der Waals surface area (Å²) in [6, 6.07) is 10.2. The van der Waals surface area contributed by atoms with E-state index in [0.717, 1.165) is 5.69 Å². The minimum Gasteiger partial charge on any atom is -0.493 e. The summed E-state index contributed by atoms with van der Waals surface area (Å²) in [5.74, 6) is 0.811. The van der Waals surface area contributed by atoms with E-state index in [2.05, 4.69) is 15.4 Å². The van der Waals surface area contributed by atoms with Crippen molar-refractivity contribution in [3.05, 3.63) is 42.0 Å². The van der Waals surface area contributed by atoms with Gasteiger partial charge < -0.3 is 29.6 Å². The van der Waals surface area contributed by atoms with Gasteiger partial charge in [0.05, 0.1) is 34.0 Å². The van der Waals surface area contributed by atoms with Crippen LogP contribution in [0.2, 0.25) is 0 Å². The standard InChI is InChI=1S/C20H24N2O6/c1-25-16-11-15(12-17(26-2)19(16)27-3)22-18(23)9-10-21-14-7-5-13(6-8-14)20(24)28-4/h5-8,11-12,21H,9-10H2,1-4H3,(H,22,23). The molecule has 0 unspecified atom stereocenters. The van der Waals surface area contributed by atoms with Crippen LogP contribution in [0, 0.1) is 0 Å². The van der Waals surface area contributed by atoms with Gasteiger partial charge in [-0.1, -0.05) is 0 Å². The number of methoxy groups -OCH3 is 4. The molecular formula is C20H24N2O6. The van der Waals surface area contributed by atoms with Crippen LogP contribution in [0.15, 0.2) is 36.4 Å². The van der Waals surface area contributed by atoms with Crippen molar-refractivity contribution in [3.63, 3.8) is 0 Å². The molecule has 0 saturated heterocycles. The molecule has 150 valence electrons. The number of nitrogens with one attached hydrogen (secondary N) is 2. The summed E-state index contributed by atoms with van der Waals surface area (Å²) >= 11 is 0. The van der Waals surface area contributed by atoms with E-state index >= 15 is 0 Å². The average molecular weight is 388 g/mol. The van der Waals surface area contributed by atoms with Crippen molar-refractivity contribution in [1.82, 2.24) is 0 Å². The molecule has 2 N–H and O–H groups in total. The Balaban J connectivity index is 1.91. The van der Waals surface area contributed by atoms with Gasteiger partial charge in [0.25, 0.3) is 0 Å². The van der Waals surface area contributed by atoms with Gasteiger partial charge in [-0.25, -0.2) is 4.79 Å². The summed E-state index contributed by atoms with van der Waals surface area (Å²) in [5, 5.41) is 5.93. The lowest BCUT2D eigenvalue weighted by atomic mass is 10.2. The maximum atomic E-state index is 12.2. The molecule has 0 aromatic heterocycles. The summed E-state index contributed by atoms with van der Waals surface area (Å²) < 4.78 is 20.5. The number of carbonyl (C=O) groups excluding carboxylic acids is 2. The lowest BCUT2D eigenvalue weighted by Gasteiger charge is -2.14. The summed E-state index contributed by atoms with van der Waals surface area (Å²) in [6.45, 7) is 0.424. The van der Waals surface area contributed by atoms with Gasteiger partial charge in [-0.2, -0.15) is 0 Å². The Kier molecular flexibility index (Phi) is 7.50. The van der Waals surface area contributed by atoms with Gasteiger partial charge in [-0.05, 0) is 24.3 Å². The highest BCUT2D eigenvalue weighted by atomic mass is 16.5. The van der Waals surface area contributed by atoms with E-state index in [1.54, 1.807) is 36.4 Å². The monoisotopic (exact) mass is 388 g/mol. The van der Waals surface area contributed by atoms with Crippen molar-refractivity contribution in [1.29, 1.82) is 0 Å². The van der Waals surface area contributed by atoms with Crippen molar-refractivity contribution in [2.45, 2.75) is 6.42 Å². The van der Waals surface area contributed by atoms with Crippen molar-refractivity contribution >= 4 is 23.3 Å². The number of hydrogen-bond acceptors (Lipinski definition) is 7. The number of ether oxygens (including phenoxy) is 4. The second-order valence-corrected chi connectivity index (χ2v) is 5.71. The third-order valence-electron chi connectivity index (χ3n) is 3.94. The minimum atomic E-state index is -0.392. The molecule has 2 rings (SSSR count). The number of carbonyl (C=O) groups is 2. The summed E-state index contributed by atoms with van der Waals surface area (Å²) in [4.78, 5) is 23.6. The third-order valence-corrected chi connectivity index (χ3v) is 3.94. The molecule has 2 aromatic carbocycles. The van der Waals surface area contributed by atoms with Crippen LogP contribution in [0.25, 0.3) is 0 Å². The Morgan fingerprint density at radius 2 is 1.46 bits per heavy atom. The van der Waals surface area contributed by atoms with Crippen LogP contribution in [0.4, 0.5) is 11.4 Å². The number of benzene rings is 2.